The molecule has 0 radical (unpaired) electrons. The zero-order valence-corrected chi connectivity index (χ0v) is 17.0. The van der Waals surface area contributed by atoms with Crippen molar-refractivity contribution < 1.29 is 4.74 Å². The molecule has 2 rings (SSSR count). The standard InChI is InChI=1S/C18H22ClN3O.HI/c1-20-18(22-13-15-3-7-16(19)8-4-15)21-12-11-14-5-9-17(23-2)10-6-14;/h3-10H,11-13H2,1-2H3,(H2,20,21,22);1H. The van der Waals surface area contributed by atoms with E-state index in [4.69, 9.17) is 16.3 Å². The van der Waals surface area contributed by atoms with Gasteiger partial charge in [-0.25, -0.2) is 0 Å². The molecule has 0 bridgehead atoms. The Labute approximate surface area is 165 Å². The van der Waals surface area contributed by atoms with Crippen LogP contribution in [-0.4, -0.2) is 26.7 Å². The van der Waals surface area contributed by atoms with Gasteiger partial charge in [-0.2, -0.15) is 0 Å². The molecule has 0 atom stereocenters. The van der Waals surface area contributed by atoms with Crippen LogP contribution in [0, 0.1) is 0 Å². The molecule has 6 heteroatoms. The normalized spacial score (nSPS) is 10.7. The van der Waals surface area contributed by atoms with Crippen LogP contribution >= 0.6 is 35.6 Å². The highest BCUT2D eigenvalue weighted by Gasteiger charge is 1.99. The minimum atomic E-state index is 0. The van der Waals surface area contributed by atoms with E-state index < -0.39 is 0 Å². The number of nitrogens with zero attached hydrogens (tertiary/aromatic N) is 1. The Kier molecular flexibility index (Phi) is 9.56. The summed E-state index contributed by atoms with van der Waals surface area (Å²) < 4.78 is 5.16. The number of hydrogen-bond donors (Lipinski definition) is 2. The Morgan fingerprint density at radius 3 is 2.21 bits per heavy atom. The van der Waals surface area contributed by atoms with E-state index >= 15 is 0 Å². The summed E-state index contributed by atoms with van der Waals surface area (Å²) in [5, 5.41) is 7.34. The predicted molar refractivity (Wildman–Crippen MR) is 112 cm³/mol. The third-order valence-corrected chi connectivity index (χ3v) is 3.71. The van der Waals surface area contributed by atoms with Gasteiger partial charge in [0.05, 0.1) is 7.11 Å². The zero-order valence-electron chi connectivity index (χ0n) is 13.9. The molecule has 0 aliphatic carbocycles. The van der Waals surface area contributed by atoms with Gasteiger partial charge in [0, 0.05) is 25.2 Å². The van der Waals surface area contributed by atoms with E-state index in [1.54, 1.807) is 14.2 Å². The van der Waals surface area contributed by atoms with Crippen LogP contribution in [-0.2, 0) is 13.0 Å². The molecule has 24 heavy (non-hydrogen) atoms. The van der Waals surface area contributed by atoms with Gasteiger partial charge in [0.25, 0.3) is 0 Å². The molecule has 0 aliphatic heterocycles. The summed E-state index contributed by atoms with van der Waals surface area (Å²) in [5.74, 6) is 1.66. The summed E-state index contributed by atoms with van der Waals surface area (Å²) >= 11 is 5.88. The lowest BCUT2D eigenvalue weighted by Crippen LogP contribution is -2.37. The third kappa shape index (κ3) is 6.97. The Hall–Kier alpha value is -1.47. The van der Waals surface area contributed by atoms with Crippen molar-refractivity contribution >= 4 is 41.5 Å². The molecule has 130 valence electrons. The predicted octanol–water partition coefficient (Wildman–Crippen LogP) is 3.87. The number of ether oxygens (including phenoxy) is 1. The van der Waals surface area contributed by atoms with Crippen molar-refractivity contribution in [2.75, 3.05) is 20.7 Å². The summed E-state index contributed by atoms with van der Waals surface area (Å²) in [4.78, 5) is 4.23. The van der Waals surface area contributed by atoms with Crippen LogP contribution in [0.1, 0.15) is 11.1 Å². The molecular weight excluding hydrogens is 437 g/mol. The van der Waals surface area contributed by atoms with Gasteiger partial charge >= 0.3 is 0 Å². The lowest BCUT2D eigenvalue weighted by molar-refractivity contribution is 0.414. The van der Waals surface area contributed by atoms with Crippen molar-refractivity contribution in [3.63, 3.8) is 0 Å². The Balaban J connectivity index is 0.00000288. The van der Waals surface area contributed by atoms with E-state index in [0.29, 0.717) is 6.54 Å². The number of aliphatic imine (C=N–C) groups is 1. The van der Waals surface area contributed by atoms with E-state index in [9.17, 15) is 0 Å². The fraction of sp³-hybridized carbons (Fsp3) is 0.278. The second-order valence-electron chi connectivity index (χ2n) is 5.08. The quantitative estimate of drug-likeness (QED) is 0.392. The number of guanidine groups is 1. The van der Waals surface area contributed by atoms with E-state index in [0.717, 1.165) is 35.3 Å². The van der Waals surface area contributed by atoms with Gasteiger partial charge in [-0.05, 0) is 41.8 Å². The van der Waals surface area contributed by atoms with Gasteiger partial charge in [-0.15, -0.1) is 24.0 Å². The molecular formula is C18H23ClIN3O. The van der Waals surface area contributed by atoms with Gasteiger partial charge in [0.15, 0.2) is 5.96 Å². The molecule has 0 saturated heterocycles. The highest BCUT2D eigenvalue weighted by Crippen LogP contribution is 2.11. The summed E-state index contributed by atoms with van der Waals surface area (Å²) in [6.07, 6.45) is 0.922. The smallest absolute Gasteiger partial charge is 0.191 e. The van der Waals surface area contributed by atoms with Gasteiger partial charge in [-0.1, -0.05) is 35.9 Å². The van der Waals surface area contributed by atoms with Crippen molar-refractivity contribution in [3.8, 4) is 5.75 Å². The molecule has 0 fully saturated rings. The van der Waals surface area contributed by atoms with Crippen LogP contribution in [0.4, 0.5) is 0 Å². The van der Waals surface area contributed by atoms with Gasteiger partial charge in [0.1, 0.15) is 5.75 Å². The first-order valence-corrected chi connectivity index (χ1v) is 7.91. The van der Waals surface area contributed by atoms with Crippen molar-refractivity contribution in [1.82, 2.24) is 10.6 Å². The fourth-order valence-electron chi connectivity index (χ4n) is 2.13. The van der Waals surface area contributed by atoms with Crippen LogP contribution in [0.15, 0.2) is 53.5 Å². The number of hydrogen-bond acceptors (Lipinski definition) is 2. The van der Waals surface area contributed by atoms with Gasteiger partial charge in [-0.3, -0.25) is 4.99 Å². The molecule has 4 nitrogen and oxygen atoms in total. The second-order valence-corrected chi connectivity index (χ2v) is 5.51. The van der Waals surface area contributed by atoms with E-state index in [2.05, 4.69) is 27.8 Å². The largest absolute Gasteiger partial charge is 0.497 e. The average molecular weight is 460 g/mol. The Morgan fingerprint density at radius 2 is 1.62 bits per heavy atom. The third-order valence-electron chi connectivity index (χ3n) is 3.46. The summed E-state index contributed by atoms with van der Waals surface area (Å²) in [7, 11) is 3.44. The summed E-state index contributed by atoms with van der Waals surface area (Å²) in [5.41, 5.74) is 2.42. The molecule has 0 aromatic heterocycles. The number of halogens is 2. The van der Waals surface area contributed by atoms with Crippen molar-refractivity contribution in [1.29, 1.82) is 0 Å². The van der Waals surface area contributed by atoms with Gasteiger partial charge in [0.2, 0.25) is 0 Å². The van der Waals surface area contributed by atoms with Crippen LogP contribution in [0.25, 0.3) is 0 Å². The van der Waals surface area contributed by atoms with E-state index in [1.165, 1.54) is 5.56 Å². The maximum atomic E-state index is 5.88. The summed E-state index contributed by atoms with van der Waals surface area (Å²) in [6.45, 7) is 1.52. The highest BCUT2D eigenvalue weighted by atomic mass is 127. The first-order chi connectivity index (χ1) is 11.2. The molecule has 0 saturated carbocycles. The number of rotatable bonds is 6. The molecule has 2 N–H and O–H groups in total. The van der Waals surface area contributed by atoms with Crippen molar-refractivity contribution in [2.45, 2.75) is 13.0 Å². The molecule has 2 aromatic rings. The topological polar surface area (TPSA) is 45.7 Å². The first kappa shape index (κ1) is 20.6. The lowest BCUT2D eigenvalue weighted by atomic mass is 10.1. The number of methoxy groups -OCH3 is 1. The molecule has 0 heterocycles. The maximum Gasteiger partial charge on any atom is 0.191 e. The van der Waals surface area contributed by atoms with Crippen LogP contribution in [0.5, 0.6) is 5.75 Å². The van der Waals surface area contributed by atoms with Crippen molar-refractivity contribution in [2.24, 2.45) is 4.99 Å². The minimum Gasteiger partial charge on any atom is -0.497 e. The monoisotopic (exact) mass is 459 g/mol. The molecule has 0 aliphatic rings. The molecule has 0 unspecified atom stereocenters. The molecule has 0 spiro atoms. The van der Waals surface area contributed by atoms with Crippen LogP contribution < -0.4 is 15.4 Å². The molecule has 2 aromatic carbocycles. The first-order valence-electron chi connectivity index (χ1n) is 7.53. The van der Waals surface area contributed by atoms with Crippen LogP contribution in [0.3, 0.4) is 0 Å². The van der Waals surface area contributed by atoms with E-state index in [1.807, 2.05) is 36.4 Å². The maximum absolute atomic E-state index is 5.88. The number of nitrogens with one attached hydrogen (secondary N) is 2. The zero-order chi connectivity index (χ0) is 16.5. The SMILES string of the molecule is CN=C(NCCc1ccc(OC)cc1)NCc1ccc(Cl)cc1.I. The molecule has 0 amide bonds. The average Bonchev–Trinajstić information content (AvgIpc) is 2.60. The van der Waals surface area contributed by atoms with Crippen LogP contribution in [0.2, 0.25) is 5.02 Å². The fourth-order valence-corrected chi connectivity index (χ4v) is 2.25. The van der Waals surface area contributed by atoms with E-state index in [-0.39, 0.29) is 24.0 Å². The minimum absolute atomic E-state index is 0. The lowest BCUT2D eigenvalue weighted by Gasteiger charge is -2.12. The number of benzene rings is 2. The Bertz CT molecular complexity index is 630. The Morgan fingerprint density at radius 1 is 1.00 bits per heavy atom. The highest BCUT2D eigenvalue weighted by molar-refractivity contribution is 14.0. The second kappa shape index (κ2) is 11.1. The van der Waals surface area contributed by atoms with Crippen molar-refractivity contribution in [3.05, 3.63) is 64.7 Å². The van der Waals surface area contributed by atoms with Gasteiger partial charge < -0.3 is 15.4 Å². The summed E-state index contributed by atoms with van der Waals surface area (Å²) in [6, 6.07) is 15.9.